The van der Waals surface area contributed by atoms with E-state index in [4.69, 9.17) is 11.6 Å². The van der Waals surface area contributed by atoms with Crippen molar-refractivity contribution in [3.05, 3.63) is 34.6 Å². The van der Waals surface area contributed by atoms with E-state index in [-0.39, 0.29) is 5.82 Å². The molecule has 0 aliphatic heterocycles. The van der Waals surface area contributed by atoms with E-state index < -0.39 is 0 Å². The van der Waals surface area contributed by atoms with Gasteiger partial charge in [0.1, 0.15) is 5.82 Å². The van der Waals surface area contributed by atoms with Crippen LogP contribution in [0.15, 0.2) is 18.2 Å². The molecular formula is C15H21ClFN. The minimum absolute atomic E-state index is 0.216. The fourth-order valence-electron chi connectivity index (χ4n) is 3.03. The van der Waals surface area contributed by atoms with Crippen LogP contribution in [0.25, 0.3) is 0 Å². The van der Waals surface area contributed by atoms with Crippen molar-refractivity contribution in [1.29, 1.82) is 0 Å². The Labute approximate surface area is 114 Å². The van der Waals surface area contributed by atoms with E-state index in [2.05, 4.69) is 19.2 Å². The molecule has 0 saturated heterocycles. The van der Waals surface area contributed by atoms with Crippen LogP contribution in [-0.2, 0) is 6.54 Å². The van der Waals surface area contributed by atoms with Crippen molar-refractivity contribution in [1.82, 2.24) is 5.32 Å². The van der Waals surface area contributed by atoms with Crippen LogP contribution < -0.4 is 5.32 Å². The second kappa shape index (κ2) is 6.03. The molecule has 0 radical (unpaired) electrons. The molecule has 1 saturated carbocycles. The van der Waals surface area contributed by atoms with E-state index in [9.17, 15) is 4.39 Å². The zero-order valence-corrected chi connectivity index (χ0v) is 11.8. The summed E-state index contributed by atoms with van der Waals surface area (Å²) in [4.78, 5) is 0. The molecule has 1 aromatic carbocycles. The first-order chi connectivity index (χ1) is 8.54. The van der Waals surface area contributed by atoms with Gasteiger partial charge in [0.05, 0.1) is 0 Å². The molecule has 0 bridgehead atoms. The fourth-order valence-corrected chi connectivity index (χ4v) is 3.19. The summed E-state index contributed by atoms with van der Waals surface area (Å²) in [5, 5.41) is 3.93. The van der Waals surface area contributed by atoms with Gasteiger partial charge < -0.3 is 5.32 Å². The molecule has 1 fully saturated rings. The Balaban J connectivity index is 1.91. The summed E-state index contributed by atoms with van der Waals surface area (Å²) < 4.78 is 13.6. The molecule has 0 amide bonds. The molecule has 1 aromatic rings. The Bertz CT molecular complexity index is 397. The predicted octanol–water partition coefficient (Wildman–Crippen LogP) is 4.39. The SMILES string of the molecule is CC1CC(C)CC(NCc2ccc(Cl)cc2F)C1. The van der Waals surface area contributed by atoms with E-state index in [1.54, 1.807) is 12.1 Å². The largest absolute Gasteiger partial charge is 0.310 e. The molecule has 2 unspecified atom stereocenters. The van der Waals surface area contributed by atoms with Gasteiger partial charge in [0.25, 0.3) is 0 Å². The number of nitrogens with one attached hydrogen (secondary N) is 1. The van der Waals surface area contributed by atoms with Crippen LogP contribution in [0.3, 0.4) is 0 Å². The average Bonchev–Trinajstić information content (AvgIpc) is 2.26. The van der Waals surface area contributed by atoms with Gasteiger partial charge in [0.15, 0.2) is 0 Å². The van der Waals surface area contributed by atoms with Crippen molar-refractivity contribution >= 4 is 11.6 Å². The minimum Gasteiger partial charge on any atom is -0.310 e. The summed E-state index contributed by atoms with van der Waals surface area (Å²) in [5.41, 5.74) is 0.699. The quantitative estimate of drug-likeness (QED) is 0.858. The van der Waals surface area contributed by atoms with E-state index in [1.165, 1.54) is 25.3 Å². The minimum atomic E-state index is -0.216. The zero-order valence-electron chi connectivity index (χ0n) is 11.0. The first-order valence-electron chi connectivity index (χ1n) is 6.72. The van der Waals surface area contributed by atoms with E-state index in [0.717, 1.165) is 11.8 Å². The van der Waals surface area contributed by atoms with Gasteiger partial charge in [-0.2, -0.15) is 0 Å². The van der Waals surface area contributed by atoms with E-state index in [0.29, 0.717) is 23.2 Å². The maximum atomic E-state index is 13.6. The first-order valence-corrected chi connectivity index (χ1v) is 7.09. The van der Waals surface area contributed by atoms with Gasteiger partial charge in [-0.15, -0.1) is 0 Å². The van der Waals surface area contributed by atoms with Crippen LogP contribution in [0, 0.1) is 17.7 Å². The van der Waals surface area contributed by atoms with Gasteiger partial charge in [-0.25, -0.2) is 4.39 Å². The van der Waals surface area contributed by atoms with Gasteiger partial charge in [0, 0.05) is 23.2 Å². The highest BCUT2D eigenvalue weighted by Crippen LogP contribution is 2.28. The highest BCUT2D eigenvalue weighted by atomic mass is 35.5. The molecule has 0 heterocycles. The molecule has 100 valence electrons. The van der Waals surface area contributed by atoms with Crippen LogP contribution in [0.2, 0.25) is 5.02 Å². The van der Waals surface area contributed by atoms with Crippen molar-refractivity contribution in [2.75, 3.05) is 0 Å². The third-order valence-corrected chi connectivity index (χ3v) is 4.01. The van der Waals surface area contributed by atoms with E-state index in [1.807, 2.05) is 0 Å². The van der Waals surface area contributed by atoms with Gasteiger partial charge in [0.2, 0.25) is 0 Å². The second-order valence-electron chi connectivity index (χ2n) is 5.73. The monoisotopic (exact) mass is 269 g/mol. The number of rotatable bonds is 3. The van der Waals surface area contributed by atoms with Crippen molar-refractivity contribution in [3.8, 4) is 0 Å². The van der Waals surface area contributed by atoms with Gasteiger partial charge >= 0.3 is 0 Å². The number of hydrogen-bond acceptors (Lipinski definition) is 1. The standard InChI is InChI=1S/C15H21ClFN/c1-10-5-11(2)7-14(6-10)18-9-12-3-4-13(16)8-15(12)17/h3-4,8,10-11,14,18H,5-7,9H2,1-2H3. The molecule has 0 spiro atoms. The summed E-state index contributed by atoms with van der Waals surface area (Å²) in [5.74, 6) is 1.31. The van der Waals surface area contributed by atoms with Gasteiger partial charge in [-0.1, -0.05) is 31.5 Å². The summed E-state index contributed by atoms with van der Waals surface area (Å²) in [6.07, 6.45) is 3.70. The normalized spacial score (nSPS) is 28.3. The van der Waals surface area contributed by atoms with Crippen molar-refractivity contribution < 1.29 is 4.39 Å². The van der Waals surface area contributed by atoms with Crippen LogP contribution in [-0.4, -0.2) is 6.04 Å². The third-order valence-electron chi connectivity index (χ3n) is 3.77. The smallest absolute Gasteiger partial charge is 0.129 e. The molecule has 2 rings (SSSR count). The van der Waals surface area contributed by atoms with Crippen LogP contribution in [0.4, 0.5) is 4.39 Å². The van der Waals surface area contributed by atoms with Crippen molar-refractivity contribution in [3.63, 3.8) is 0 Å². The Morgan fingerprint density at radius 3 is 2.50 bits per heavy atom. The Morgan fingerprint density at radius 1 is 1.22 bits per heavy atom. The number of halogens is 2. The van der Waals surface area contributed by atoms with Crippen LogP contribution >= 0.6 is 11.6 Å². The van der Waals surface area contributed by atoms with Crippen molar-refractivity contribution in [2.24, 2.45) is 11.8 Å². The molecule has 2 atom stereocenters. The van der Waals surface area contributed by atoms with Crippen LogP contribution in [0.5, 0.6) is 0 Å². The highest BCUT2D eigenvalue weighted by molar-refractivity contribution is 6.30. The second-order valence-corrected chi connectivity index (χ2v) is 6.17. The Kier molecular flexibility index (Phi) is 4.63. The maximum absolute atomic E-state index is 13.6. The van der Waals surface area contributed by atoms with Gasteiger partial charge in [-0.05, 0) is 43.2 Å². The summed E-state index contributed by atoms with van der Waals surface area (Å²) in [7, 11) is 0. The van der Waals surface area contributed by atoms with Crippen molar-refractivity contribution in [2.45, 2.75) is 45.7 Å². The number of hydrogen-bond donors (Lipinski definition) is 1. The third kappa shape index (κ3) is 3.69. The lowest BCUT2D eigenvalue weighted by atomic mass is 9.80. The zero-order chi connectivity index (χ0) is 13.1. The summed E-state index contributed by atoms with van der Waals surface area (Å²) in [6.45, 7) is 5.19. The molecular weight excluding hydrogens is 249 g/mol. The molecule has 1 nitrogen and oxygen atoms in total. The first kappa shape index (κ1) is 13.8. The molecule has 1 aliphatic carbocycles. The summed E-state index contributed by atoms with van der Waals surface area (Å²) >= 11 is 5.74. The van der Waals surface area contributed by atoms with Crippen LogP contribution in [0.1, 0.15) is 38.7 Å². The maximum Gasteiger partial charge on any atom is 0.129 e. The highest BCUT2D eigenvalue weighted by Gasteiger charge is 2.23. The number of benzene rings is 1. The Hall–Kier alpha value is -0.600. The topological polar surface area (TPSA) is 12.0 Å². The molecule has 18 heavy (non-hydrogen) atoms. The Morgan fingerprint density at radius 2 is 1.89 bits per heavy atom. The van der Waals surface area contributed by atoms with E-state index >= 15 is 0 Å². The predicted molar refractivity (Wildman–Crippen MR) is 74.2 cm³/mol. The van der Waals surface area contributed by atoms with Gasteiger partial charge in [-0.3, -0.25) is 0 Å². The fraction of sp³-hybridized carbons (Fsp3) is 0.600. The molecule has 0 aromatic heterocycles. The lowest BCUT2D eigenvalue weighted by Crippen LogP contribution is -2.36. The molecule has 1 aliphatic rings. The molecule has 1 N–H and O–H groups in total. The summed E-state index contributed by atoms with van der Waals surface area (Å²) in [6, 6.07) is 5.40. The lowest BCUT2D eigenvalue weighted by Gasteiger charge is -2.32. The molecule has 3 heteroatoms. The average molecular weight is 270 g/mol. The lowest BCUT2D eigenvalue weighted by molar-refractivity contribution is 0.237.